The van der Waals surface area contributed by atoms with E-state index in [1.807, 2.05) is 24.3 Å². The fourth-order valence-electron chi connectivity index (χ4n) is 2.62. The van der Waals surface area contributed by atoms with Crippen LogP contribution in [0.5, 0.6) is 0 Å². The van der Waals surface area contributed by atoms with Gasteiger partial charge in [0.1, 0.15) is 5.78 Å². The lowest BCUT2D eigenvalue weighted by Crippen LogP contribution is -2.17. The third-order valence-electron chi connectivity index (χ3n) is 4.38. The Morgan fingerprint density at radius 2 is 1.54 bits per heavy atom. The number of ketones is 1. The highest BCUT2D eigenvalue weighted by molar-refractivity contribution is 7.91. The lowest BCUT2D eigenvalue weighted by atomic mass is 10.0. The number of carboxylic acid groups (broad SMARTS) is 1. The van der Waals surface area contributed by atoms with Crippen molar-refractivity contribution in [1.82, 2.24) is 0 Å². The van der Waals surface area contributed by atoms with Crippen molar-refractivity contribution in [2.75, 3.05) is 5.75 Å². The van der Waals surface area contributed by atoms with Gasteiger partial charge in [-0.2, -0.15) is 0 Å². The minimum Gasteiger partial charge on any atom is -0.481 e. The first-order valence-corrected chi connectivity index (χ1v) is 10.9. The first-order chi connectivity index (χ1) is 12.2. The molecule has 0 amide bonds. The van der Waals surface area contributed by atoms with Gasteiger partial charge in [-0.25, -0.2) is 8.42 Å². The number of carbonyl (C=O) groups excluding carboxylic acids is 1. The fraction of sp³-hybridized carbons (Fsp3) is 0.600. The highest BCUT2D eigenvalue weighted by Gasteiger charge is 2.15. The van der Waals surface area contributed by atoms with Gasteiger partial charge in [0.15, 0.2) is 9.84 Å². The molecule has 0 saturated heterocycles. The van der Waals surface area contributed by atoms with Gasteiger partial charge in [0.2, 0.25) is 0 Å². The minimum atomic E-state index is -2.98. The van der Waals surface area contributed by atoms with Crippen LogP contribution in [0.25, 0.3) is 0 Å². The van der Waals surface area contributed by atoms with E-state index < -0.39 is 15.8 Å². The second-order valence-electron chi connectivity index (χ2n) is 7.01. The maximum absolute atomic E-state index is 12.0. The zero-order chi connectivity index (χ0) is 19.6. The molecule has 0 atom stereocenters. The number of carbonyl (C=O) groups is 2. The van der Waals surface area contributed by atoms with Crippen LogP contribution in [0.4, 0.5) is 0 Å². The number of rotatable bonds is 13. The summed E-state index contributed by atoms with van der Waals surface area (Å²) in [5.41, 5.74) is 2.04. The summed E-state index contributed by atoms with van der Waals surface area (Å²) in [5, 5.41) is 8.30. The molecule has 1 aromatic carbocycles. The van der Waals surface area contributed by atoms with Crippen molar-refractivity contribution in [1.29, 1.82) is 0 Å². The second kappa shape index (κ2) is 11.1. The van der Waals surface area contributed by atoms with Crippen LogP contribution < -0.4 is 0 Å². The molecule has 0 aliphatic carbocycles. The number of hydrogen-bond acceptors (Lipinski definition) is 4. The maximum Gasteiger partial charge on any atom is 0.303 e. The highest BCUT2D eigenvalue weighted by Crippen LogP contribution is 2.12. The molecule has 0 unspecified atom stereocenters. The highest BCUT2D eigenvalue weighted by atomic mass is 32.2. The van der Waals surface area contributed by atoms with Crippen molar-refractivity contribution >= 4 is 21.6 Å². The van der Waals surface area contributed by atoms with Gasteiger partial charge in [0.25, 0.3) is 0 Å². The van der Waals surface area contributed by atoms with Crippen molar-refractivity contribution in [2.24, 2.45) is 0 Å². The van der Waals surface area contributed by atoms with Crippen molar-refractivity contribution in [2.45, 2.75) is 70.5 Å². The maximum atomic E-state index is 12.0. The van der Waals surface area contributed by atoms with Gasteiger partial charge < -0.3 is 5.11 Å². The first kappa shape index (κ1) is 22.4. The van der Waals surface area contributed by atoms with E-state index in [9.17, 15) is 18.0 Å². The van der Waals surface area contributed by atoms with Gasteiger partial charge in [-0.1, -0.05) is 30.7 Å². The lowest BCUT2D eigenvalue weighted by molar-refractivity contribution is -0.137. The molecule has 5 nitrogen and oxygen atoms in total. The molecule has 0 radical (unpaired) electrons. The Kier molecular flexibility index (Phi) is 9.55. The third-order valence-corrected chi connectivity index (χ3v) is 6.68. The molecule has 0 aromatic heterocycles. The summed E-state index contributed by atoms with van der Waals surface area (Å²) in [5.74, 6) is -0.424. The van der Waals surface area contributed by atoms with Gasteiger partial charge in [-0.15, -0.1) is 0 Å². The number of benzene rings is 1. The van der Waals surface area contributed by atoms with E-state index >= 15 is 0 Å². The summed E-state index contributed by atoms with van der Waals surface area (Å²) in [6, 6.07) is 7.73. The average molecular weight is 383 g/mol. The molecule has 146 valence electrons. The summed E-state index contributed by atoms with van der Waals surface area (Å²) in [4.78, 5) is 22.5. The van der Waals surface area contributed by atoms with Crippen LogP contribution in [0.2, 0.25) is 0 Å². The van der Waals surface area contributed by atoms with Gasteiger partial charge in [0, 0.05) is 19.3 Å². The number of sulfone groups is 1. The first-order valence-electron chi connectivity index (χ1n) is 9.23. The molecule has 1 aromatic rings. The van der Waals surface area contributed by atoms with Crippen LogP contribution in [-0.2, 0) is 32.3 Å². The summed E-state index contributed by atoms with van der Waals surface area (Å²) in [6.45, 7) is 3.38. The minimum absolute atomic E-state index is 0.162. The van der Waals surface area contributed by atoms with Crippen LogP contribution in [0, 0.1) is 0 Å². The molecule has 0 aliphatic rings. The molecule has 0 heterocycles. The molecule has 6 heteroatoms. The Balaban J connectivity index is 2.25. The number of hydrogen-bond donors (Lipinski definition) is 1. The molecule has 1 N–H and O–H groups in total. The Bertz CT molecular complexity index is 675. The zero-order valence-electron chi connectivity index (χ0n) is 15.7. The summed E-state index contributed by atoms with van der Waals surface area (Å²) < 4.78 is 23.4. The normalized spacial score (nSPS) is 11.7. The van der Waals surface area contributed by atoms with E-state index in [-0.39, 0.29) is 23.2 Å². The lowest BCUT2D eigenvalue weighted by Gasteiger charge is -2.07. The van der Waals surface area contributed by atoms with Crippen molar-refractivity contribution < 1.29 is 23.1 Å². The van der Waals surface area contributed by atoms with Crippen molar-refractivity contribution in [3.63, 3.8) is 0 Å². The van der Waals surface area contributed by atoms with Gasteiger partial charge in [-0.3, -0.25) is 9.59 Å². The van der Waals surface area contributed by atoms with Crippen LogP contribution in [0.15, 0.2) is 24.3 Å². The molecule has 26 heavy (non-hydrogen) atoms. The Hall–Kier alpha value is -1.69. The Morgan fingerprint density at radius 1 is 0.923 bits per heavy atom. The molecular weight excluding hydrogens is 352 g/mol. The molecule has 0 fully saturated rings. The predicted molar refractivity (Wildman–Crippen MR) is 103 cm³/mol. The van der Waals surface area contributed by atoms with Gasteiger partial charge in [0.05, 0.1) is 11.0 Å². The van der Waals surface area contributed by atoms with Gasteiger partial charge >= 0.3 is 5.97 Å². The van der Waals surface area contributed by atoms with Crippen LogP contribution in [0.3, 0.4) is 0 Å². The topological polar surface area (TPSA) is 88.5 Å². The number of Topliss-reactive ketones (excluding diaryl/α,β-unsaturated/α-hetero) is 1. The summed E-state index contributed by atoms with van der Waals surface area (Å²) in [6.07, 6.45) is 4.44. The average Bonchev–Trinajstić information content (AvgIpc) is 2.55. The molecule has 0 spiro atoms. The number of aryl methyl sites for hydroxylation is 1. The van der Waals surface area contributed by atoms with Gasteiger partial charge in [-0.05, 0) is 50.7 Å². The largest absolute Gasteiger partial charge is 0.481 e. The fourth-order valence-corrected chi connectivity index (χ4v) is 3.70. The van der Waals surface area contributed by atoms with E-state index in [0.717, 1.165) is 30.4 Å². The van der Waals surface area contributed by atoms with Crippen molar-refractivity contribution in [3.05, 3.63) is 35.4 Å². The zero-order valence-corrected chi connectivity index (χ0v) is 16.6. The molecule has 1 rings (SSSR count). The summed E-state index contributed by atoms with van der Waals surface area (Å²) >= 11 is 0. The summed E-state index contributed by atoms with van der Waals surface area (Å²) in [7, 11) is -2.98. The number of carboxylic acids is 1. The van der Waals surface area contributed by atoms with E-state index in [4.69, 9.17) is 5.11 Å². The second-order valence-corrected chi connectivity index (χ2v) is 9.68. The van der Waals surface area contributed by atoms with Crippen LogP contribution in [-0.4, -0.2) is 36.3 Å². The van der Waals surface area contributed by atoms with E-state index in [0.29, 0.717) is 25.7 Å². The SMILES string of the molecule is CC(C)S(=O)(=O)CCCCCC(=O)Cc1ccc(CCCC(=O)O)cc1. The van der Waals surface area contributed by atoms with E-state index in [1.165, 1.54) is 0 Å². The van der Waals surface area contributed by atoms with Crippen molar-refractivity contribution in [3.8, 4) is 0 Å². The standard InChI is InChI=1S/C20H30O5S/c1-16(2)26(24,25)14-5-3-4-8-19(21)15-18-12-10-17(11-13-18)7-6-9-20(22)23/h10-13,16H,3-9,14-15H2,1-2H3,(H,22,23). The molecular formula is C20H30O5S. The monoisotopic (exact) mass is 382 g/mol. The van der Waals surface area contributed by atoms with Crippen LogP contribution in [0.1, 0.15) is 63.5 Å². The quantitative estimate of drug-likeness (QED) is 0.527. The third kappa shape index (κ3) is 9.13. The molecule has 0 saturated carbocycles. The van der Waals surface area contributed by atoms with E-state index in [2.05, 4.69) is 0 Å². The number of unbranched alkanes of at least 4 members (excludes halogenated alkanes) is 2. The number of aliphatic carboxylic acids is 1. The predicted octanol–water partition coefficient (Wildman–Crippen LogP) is 3.59. The van der Waals surface area contributed by atoms with E-state index in [1.54, 1.807) is 13.8 Å². The Morgan fingerprint density at radius 3 is 2.12 bits per heavy atom. The molecule has 0 bridgehead atoms. The van der Waals surface area contributed by atoms with Crippen LogP contribution >= 0.6 is 0 Å². The Labute approximate surface area is 156 Å². The molecule has 0 aliphatic heterocycles. The smallest absolute Gasteiger partial charge is 0.303 e.